The normalized spacial score (nSPS) is 10.8. The van der Waals surface area contributed by atoms with Crippen LogP contribution in [0.3, 0.4) is 0 Å². The molecule has 0 spiro atoms. The maximum Gasteiger partial charge on any atom is 0.271 e. The molecule has 30 heavy (non-hydrogen) atoms. The van der Waals surface area contributed by atoms with Gasteiger partial charge in [-0.25, -0.2) is 0 Å². The topological polar surface area (TPSA) is 93.8 Å². The third kappa shape index (κ3) is 4.62. The van der Waals surface area contributed by atoms with Gasteiger partial charge in [0.15, 0.2) is 0 Å². The number of rotatable bonds is 7. The van der Waals surface area contributed by atoms with E-state index >= 15 is 0 Å². The van der Waals surface area contributed by atoms with Gasteiger partial charge >= 0.3 is 0 Å². The summed E-state index contributed by atoms with van der Waals surface area (Å²) in [6.07, 6.45) is 2.31. The van der Waals surface area contributed by atoms with Crippen molar-refractivity contribution in [2.24, 2.45) is 7.05 Å². The molecule has 2 N–H and O–H groups in total. The highest BCUT2D eigenvalue weighted by molar-refractivity contribution is 9.10. The molecule has 0 aliphatic heterocycles. The van der Waals surface area contributed by atoms with Crippen LogP contribution in [0.25, 0.3) is 0 Å². The molecular formula is C21H25BrN6O2. The van der Waals surface area contributed by atoms with Crippen molar-refractivity contribution in [2.45, 2.75) is 33.7 Å². The molecule has 2 aromatic heterocycles. The number of amides is 2. The molecule has 2 heterocycles. The molecule has 0 saturated heterocycles. The van der Waals surface area contributed by atoms with Crippen molar-refractivity contribution in [3.05, 3.63) is 63.1 Å². The van der Waals surface area contributed by atoms with Crippen LogP contribution >= 0.6 is 15.9 Å². The zero-order chi connectivity index (χ0) is 21.8. The number of carbonyl (C=O) groups excluding carboxylic acids is 2. The predicted molar refractivity (Wildman–Crippen MR) is 119 cm³/mol. The van der Waals surface area contributed by atoms with E-state index in [1.165, 1.54) is 10.9 Å². The highest BCUT2D eigenvalue weighted by Crippen LogP contribution is 2.21. The molecule has 2 amide bonds. The Morgan fingerprint density at radius 2 is 1.83 bits per heavy atom. The average molecular weight is 473 g/mol. The fourth-order valence-electron chi connectivity index (χ4n) is 3.08. The van der Waals surface area contributed by atoms with Gasteiger partial charge < -0.3 is 10.6 Å². The van der Waals surface area contributed by atoms with Crippen LogP contribution in [0.5, 0.6) is 0 Å². The molecule has 0 fully saturated rings. The number of nitrogens with zero attached hydrogens (tertiary/aromatic N) is 4. The molecule has 3 aromatic rings. The number of anilines is 1. The Morgan fingerprint density at radius 3 is 2.43 bits per heavy atom. The van der Waals surface area contributed by atoms with Crippen LogP contribution in [0.15, 0.2) is 34.9 Å². The minimum atomic E-state index is -0.298. The number of halogens is 1. The van der Waals surface area contributed by atoms with Crippen molar-refractivity contribution < 1.29 is 9.59 Å². The van der Waals surface area contributed by atoms with Gasteiger partial charge in [0, 0.05) is 19.2 Å². The number of hydrogen-bond acceptors (Lipinski definition) is 4. The van der Waals surface area contributed by atoms with E-state index in [4.69, 9.17) is 0 Å². The van der Waals surface area contributed by atoms with E-state index in [0.29, 0.717) is 30.0 Å². The summed E-state index contributed by atoms with van der Waals surface area (Å²) in [4.78, 5) is 25.0. The quantitative estimate of drug-likeness (QED) is 0.550. The van der Waals surface area contributed by atoms with Gasteiger partial charge in [-0.15, -0.1) is 0 Å². The zero-order valence-corrected chi connectivity index (χ0v) is 19.1. The summed E-state index contributed by atoms with van der Waals surface area (Å²) >= 11 is 3.54. The van der Waals surface area contributed by atoms with Crippen LogP contribution in [-0.2, 0) is 13.6 Å². The van der Waals surface area contributed by atoms with Crippen LogP contribution in [-0.4, -0.2) is 37.9 Å². The molecular weight excluding hydrogens is 448 g/mol. The highest BCUT2D eigenvalue weighted by Gasteiger charge is 2.19. The average Bonchev–Trinajstić information content (AvgIpc) is 3.21. The maximum atomic E-state index is 12.7. The Hall–Kier alpha value is -2.94. The van der Waals surface area contributed by atoms with Crippen molar-refractivity contribution in [3.8, 4) is 0 Å². The zero-order valence-electron chi connectivity index (χ0n) is 17.5. The Morgan fingerprint density at radius 1 is 1.13 bits per heavy atom. The summed E-state index contributed by atoms with van der Waals surface area (Å²) in [5.74, 6) is -0.563. The second-order valence-corrected chi connectivity index (χ2v) is 7.87. The summed E-state index contributed by atoms with van der Waals surface area (Å²) in [5, 5.41) is 14.2. The number of aryl methyl sites for hydroxylation is 2. The molecule has 0 aliphatic rings. The number of aromatic nitrogens is 4. The molecule has 0 radical (unpaired) electrons. The number of hydrogen-bond donors (Lipinski definition) is 2. The van der Waals surface area contributed by atoms with Crippen LogP contribution in [0, 0.1) is 13.8 Å². The summed E-state index contributed by atoms with van der Waals surface area (Å²) in [5.41, 5.74) is 4.23. The van der Waals surface area contributed by atoms with E-state index in [-0.39, 0.29) is 11.8 Å². The predicted octanol–water partition coefficient (Wildman–Crippen LogP) is 3.44. The van der Waals surface area contributed by atoms with Crippen molar-refractivity contribution in [1.29, 1.82) is 0 Å². The van der Waals surface area contributed by atoms with Crippen molar-refractivity contribution in [2.75, 3.05) is 11.9 Å². The van der Waals surface area contributed by atoms with E-state index in [1.54, 1.807) is 19.2 Å². The minimum absolute atomic E-state index is 0.265. The number of carbonyl (C=O) groups is 2. The lowest BCUT2D eigenvalue weighted by Crippen LogP contribution is -2.27. The van der Waals surface area contributed by atoms with Gasteiger partial charge in [0.1, 0.15) is 5.69 Å². The van der Waals surface area contributed by atoms with Gasteiger partial charge in [-0.3, -0.25) is 19.0 Å². The monoisotopic (exact) mass is 472 g/mol. The van der Waals surface area contributed by atoms with Crippen LogP contribution in [0.2, 0.25) is 0 Å². The summed E-state index contributed by atoms with van der Waals surface area (Å²) in [6.45, 7) is 7.11. The number of nitrogens with one attached hydrogen (secondary N) is 2. The number of benzene rings is 1. The van der Waals surface area contributed by atoms with Crippen molar-refractivity contribution in [3.63, 3.8) is 0 Å². The molecule has 158 valence electrons. The van der Waals surface area contributed by atoms with Crippen LogP contribution in [0.1, 0.15) is 51.1 Å². The van der Waals surface area contributed by atoms with Gasteiger partial charge in [0.25, 0.3) is 11.8 Å². The minimum Gasteiger partial charge on any atom is -0.351 e. The van der Waals surface area contributed by atoms with Gasteiger partial charge in [0.05, 0.1) is 34.3 Å². The Kier molecular flexibility index (Phi) is 6.71. The van der Waals surface area contributed by atoms with E-state index in [0.717, 1.165) is 27.8 Å². The molecule has 8 nitrogen and oxygen atoms in total. The SMILES string of the molecule is CCCNC(=O)c1c(NC(=O)c2ccc(Cn3nc(C)c(Br)c3C)cc2)cnn1C. The van der Waals surface area contributed by atoms with E-state index in [2.05, 4.69) is 36.8 Å². The van der Waals surface area contributed by atoms with Crippen LogP contribution < -0.4 is 10.6 Å². The van der Waals surface area contributed by atoms with E-state index in [1.807, 2.05) is 37.6 Å². The van der Waals surface area contributed by atoms with Crippen molar-refractivity contribution >= 4 is 33.4 Å². The Bertz CT molecular complexity index is 1070. The summed E-state index contributed by atoms with van der Waals surface area (Å²) in [6, 6.07) is 7.33. The molecule has 3 rings (SSSR count). The second-order valence-electron chi connectivity index (χ2n) is 7.08. The summed E-state index contributed by atoms with van der Waals surface area (Å²) < 4.78 is 4.38. The standard InChI is InChI=1S/C21H25BrN6O2/c1-5-10-23-21(30)19-17(11-24-27(19)4)25-20(29)16-8-6-15(7-9-16)12-28-14(3)18(22)13(2)26-28/h6-9,11H,5,10,12H2,1-4H3,(H,23,30)(H,25,29). The fourth-order valence-corrected chi connectivity index (χ4v) is 3.36. The molecule has 0 aliphatic carbocycles. The first-order valence-electron chi connectivity index (χ1n) is 9.71. The van der Waals surface area contributed by atoms with Crippen molar-refractivity contribution in [1.82, 2.24) is 24.9 Å². The molecule has 1 aromatic carbocycles. The molecule has 0 bridgehead atoms. The third-order valence-electron chi connectivity index (χ3n) is 4.78. The van der Waals surface area contributed by atoms with Gasteiger partial charge in [0.2, 0.25) is 0 Å². The summed E-state index contributed by atoms with van der Waals surface area (Å²) in [7, 11) is 1.67. The van der Waals surface area contributed by atoms with Gasteiger partial charge in [-0.05, 0) is 53.9 Å². The molecule has 0 unspecified atom stereocenters. The molecule has 9 heteroatoms. The Balaban J connectivity index is 1.71. The van der Waals surface area contributed by atoms with Gasteiger partial charge in [-0.1, -0.05) is 19.1 Å². The van der Waals surface area contributed by atoms with E-state index in [9.17, 15) is 9.59 Å². The lowest BCUT2D eigenvalue weighted by molar-refractivity contribution is 0.0945. The highest BCUT2D eigenvalue weighted by atomic mass is 79.9. The fraction of sp³-hybridized carbons (Fsp3) is 0.333. The lowest BCUT2D eigenvalue weighted by atomic mass is 10.1. The first-order valence-corrected chi connectivity index (χ1v) is 10.5. The molecule has 0 atom stereocenters. The van der Waals surface area contributed by atoms with E-state index < -0.39 is 0 Å². The van der Waals surface area contributed by atoms with Crippen LogP contribution in [0.4, 0.5) is 5.69 Å². The second kappa shape index (κ2) is 9.25. The van der Waals surface area contributed by atoms with Gasteiger partial charge in [-0.2, -0.15) is 10.2 Å². The first kappa shape index (κ1) is 21.8. The largest absolute Gasteiger partial charge is 0.351 e. The smallest absolute Gasteiger partial charge is 0.271 e. The lowest BCUT2D eigenvalue weighted by Gasteiger charge is -2.09. The third-order valence-corrected chi connectivity index (χ3v) is 5.93. The first-order chi connectivity index (χ1) is 14.3. The molecule has 0 saturated carbocycles. The Labute approximate surface area is 183 Å². The maximum absolute atomic E-state index is 12.7.